The van der Waals surface area contributed by atoms with Crippen LogP contribution in [0.3, 0.4) is 0 Å². The molecular formula is C15H14N6OS. The average Bonchev–Trinajstić information content (AvgIpc) is 3.07. The Hall–Kier alpha value is -2.61. The van der Waals surface area contributed by atoms with Crippen LogP contribution in [0.5, 0.6) is 0 Å². The van der Waals surface area contributed by atoms with E-state index in [4.69, 9.17) is 0 Å². The van der Waals surface area contributed by atoms with Crippen LogP contribution in [0, 0.1) is 5.92 Å². The number of hydrogen-bond donors (Lipinski definition) is 0. The molecule has 116 valence electrons. The molecule has 3 aromatic heterocycles. The normalized spacial score (nSPS) is 14.7. The van der Waals surface area contributed by atoms with Gasteiger partial charge < -0.3 is 4.90 Å². The number of nitrogens with zero attached hydrogens (tertiary/aromatic N) is 6. The van der Waals surface area contributed by atoms with Crippen LogP contribution >= 0.6 is 11.3 Å². The Balaban J connectivity index is 1.48. The number of aromatic nitrogens is 5. The van der Waals surface area contributed by atoms with E-state index in [2.05, 4.69) is 25.2 Å². The second kappa shape index (κ2) is 5.88. The molecule has 3 aromatic rings. The van der Waals surface area contributed by atoms with Gasteiger partial charge in [-0.2, -0.15) is 5.10 Å². The van der Waals surface area contributed by atoms with Gasteiger partial charge in [0.25, 0.3) is 5.56 Å². The van der Waals surface area contributed by atoms with Gasteiger partial charge in [0.1, 0.15) is 5.51 Å². The zero-order valence-electron chi connectivity index (χ0n) is 12.2. The van der Waals surface area contributed by atoms with Gasteiger partial charge in [-0.15, -0.1) is 10.2 Å². The number of pyridine rings is 1. The highest BCUT2D eigenvalue weighted by atomic mass is 32.1. The highest BCUT2D eigenvalue weighted by Crippen LogP contribution is 2.26. The minimum atomic E-state index is -0.0768. The Bertz CT molecular complexity index is 842. The van der Waals surface area contributed by atoms with E-state index >= 15 is 0 Å². The molecule has 0 spiro atoms. The van der Waals surface area contributed by atoms with Crippen molar-refractivity contribution in [1.82, 2.24) is 25.0 Å². The molecule has 0 aliphatic carbocycles. The summed E-state index contributed by atoms with van der Waals surface area (Å²) in [6.45, 7) is 2.36. The molecule has 0 bridgehead atoms. The lowest BCUT2D eigenvalue weighted by Gasteiger charge is -2.38. The van der Waals surface area contributed by atoms with Crippen molar-refractivity contribution in [2.45, 2.75) is 6.54 Å². The zero-order valence-corrected chi connectivity index (χ0v) is 13.1. The summed E-state index contributed by atoms with van der Waals surface area (Å²) >= 11 is 1.53. The summed E-state index contributed by atoms with van der Waals surface area (Å²) in [6, 6.07) is 7.10. The third-order valence-corrected chi connectivity index (χ3v) is 4.58. The predicted octanol–water partition coefficient (Wildman–Crippen LogP) is 1.29. The quantitative estimate of drug-likeness (QED) is 0.719. The molecule has 4 rings (SSSR count). The minimum absolute atomic E-state index is 0.0768. The van der Waals surface area contributed by atoms with E-state index in [1.165, 1.54) is 11.3 Å². The third kappa shape index (κ3) is 2.85. The highest BCUT2D eigenvalue weighted by molar-refractivity contribution is 7.13. The standard InChI is InChI=1S/C15H14N6OS/c22-14-4-3-13(12-2-1-5-16-6-12)19-21(14)9-11-7-20(8-11)15-18-17-10-23-15/h1-6,10-11H,7-9H2. The van der Waals surface area contributed by atoms with Crippen LogP contribution in [-0.4, -0.2) is 38.1 Å². The smallest absolute Gasteiger partial charge is 0.266 e. The van der Waals surface area contributed by atoms with Gasteiger partial charge in [0.2, 0.25) is 5.13 Å². The first kappa shape index (κ1) is 14.0. The van der Waals surface area contributed by atoms with Gasteiger partial charge in [-0.1, -0.05) is 11.3 Å². The van der Waals surface area contributed by atoms with Crippen molar-refractivity contribution in [1.29, 1.82) is 0 Å². The Labute approximate surface area is 136 Å². The molecule has 0 amide bonds. The van der Waals surface area contributed by atoms with Crippen molar-refractivity contribution in [3.05, 3.63) is 52.5 Å². The molecule has 1 aliphatic heterocycles. The van der Waals surface area contributed by atoms with E-state index in [1.807, 2.05) is 12.1 Å². The Morgan fingerprint density at radius 3 is 2.91 bits per heavy atom. The van der Waals surface area contributed by atoms with Crippen LogP contribution in [0.1, 0.15) is 0 Å². The maximum Gasteiger partial charge on any atom is 0.266 e. The summed E-state index contributed by atoms with van der Waals surface area (Å²) in [6.07, 6.45) is 3.47. The topological polar surface area (TPSA) is 76.8 Å². The molecule has 7 nitrogen and oxygen atoms in total. The first-order chi connectivity index (χ1) is 11.3. The van der Waals surface area contributed by atoms with Gasteiger partial charge in [0, 0.05) is 43.0 Å². The third-order valence-electron chi connectivity index (χ3n) is 3.83. The summed E-state index contributed by atoms with van der Waals surface area (Å²) in [4.78, 5) is 18.3. The van der Waals surface area contributed by atoms with Crippen molar-refractivity contribution >= 4 is 16.5 Å². The molecule has 0 atom stereocenters. The second-order valence-electron chi connectivity index (χ2n) is 5.47. The largest absolute Gasteiger partial charge is 0.346 e. The van der Waals surface area contributed by atoms with Gasteiger partial charge in [-0.3, -0.25) is 9.78 Å². The lowest BCUT2D eigenvalue weighted by atomic mass is 10.0. The number of anilines is 1. The summed E-state index contributed by atoms with van der Waals surface area (Å²) in [5.41, 5.74) is 3.32. The van der Waals surface area contributed by atoms with E-state index in [-0.39, 0.29) is 5.56 Å². The van der Waals surface area contributed by atoms with E-state index in [1.54, 1.807) is 34.7 Å². The van der Waals surface area contributed by atoms with Crippen LogP contribution in [0.2, 0.25) is 0 Å². The molecule has 0 N–H and O–H groups in total. The summed E-state index contributed by atoms with van der Waals surface area (Å²) < 4.78 is 1.55. The second-order valence-corrected chi connectivity index (χ2v) is 6.28. The number of hydrogen-bond acceptors (Lipinski definition) is 7. The maximum absolute atomic E-state index is 12.0. The van der Waals surface area contributed by atoms with Crippen LogP contribution in [0.25, 0.3) is 11.3 Å². The van der Waals surface area contributed by atoms with Gasteiger partial charge in [0.15, 0.2) is 0 Å². The van der Waals surface area contributed by atoms with Gasteiger partial charge in [-0.05, 0) is 18.2 Å². The molecule has 0 radical (unpaired) electrons. The van der Waals surface area contributed by atoms with Gasteiger partial charge in [0.05, 0.1) is 12.2 Å². The molecule has 8 heteroatoms. The number of rotatable bonds is 4. The van der Waals surface area contributed by atoms with Crippen molar-refractivity contribution in [3.8, 4) is 11.3 Å². The predicted molar refractivity (Wildman–Crippen MR) is 87.3 cm³/mol. The van der Waals surface area contributed by atoms with E-state index in [0.717, 1.165) is 29.5 Å². The fourth-order valence-electron chi connectivity index (χ4n) is 2.64. The van der Waals surface area contributed by atoms with E-state index in [9.17, 15) is 4.79 Å². The zero-order chi connectivity index (χ0) is 15.6. The van der Waals surface area contributed by atoms with E-state index < -0.39 is 0 Å². The maximum atomic E-state index is 12.0. The van der Waals surface area contributed by atoms with Crippen molar-refractivity contribution < 1.29 is 0 Å². The average molecular weight is 326 g/mol. The molecule has 0 aromatic carbocycles. The molecule has 1 aliphatic rings. The minimum Gasteiger partial charge on any atom is -0.346 e. The lowest BCUT2D eigenvalue weighted by Crippen LogP contribution is -2.49. The Kier molecular flexibility index (Phi) is 3.58. The van der Waals surface area contributed by atoms with Crippen LogP contribution < -0.4 is 10.5 Å². The molecule has 0 saturated carbocycles. The molecular weight excluding hydrogens is 312 g/mol. The first-order valence-corrected chi connectivity index (χ1v) is 8.17. The molecule has 23 heavy (non-hydrogen) atoms. The van der Waals surface area contributed by atoms with Crippen molar-refractivity contribution in [2.75, 3.05) is 18.0 Å². The van der Waals surface area contributed by atoms with Crippen molar-refractivity contribution in [3.63, 3.8) is 0 Å². The van der Waals surface area contributed by atoms with Gasteiger partial charge in [-0.25, -0.2) is 4.68 Å². The molecule has 1 saturated heterocycles. The van der Waals surface area contributed by atoms with E-state index in [0.29, 0.717) is 12.5 Å². The molecule has 0 unspecified atom stereocenters. The Morgan fingerprint density at radius 2 is 2.17 bits per heavy atom. The van der Waals surface area contributed by atoms with Crippen molar-refractivity contribution in [2.24, 2.45) is 5.92 Å². The van der Waals surface area contributed by atoms with Crippen LogP contribution in [0.15, 0.2) is 47.0 Å². The fourth-order valence-corrected chi connectivity index (χ4v) is 3.22. The molecule has 4 heterocycles. The summed E-state index contributed by atoms with van der Waals surface area (Å²) in [5, 5.41) is 13.3. The first-order valence-electron chi connectivity index (χ1n) is 7.29. The molecule has 1 fully saturated rings. The fraction of sp³-hybridized carbons (Fsp3) is 0.267. The van der Waals surface area contributed by atoms with Gasteiger partial charge >= 0.3 is 0 Å². The lowest BCUT2D eigenvalue weighted by molar-refractivity contribution is 0.334. The van der Waals surface area contributed by atoms with Crippen LogP contribution in [-0.2, 0) is 6.54 Å². The van der Waals surface area contributed by atoms with Crippen LogP contribution in [0.4, 0.5) is 5.13 Å². The summed E-state index contributed by atoms with van der Waals surface area (Å²) in [5.74, 6) is 0.397. The monoisotopic (exact) mass is 326 g/mol. The Morgan fingerprint density at radius 1 is 1.26 bits per heavy atom. The summed E-state index contributed by atoms with van der Waals surface area (Å²) in [7, 11) is 0. The SMILES string of the molecule is O=c1ccc(-c2cccnc2)nn1CC1CN(c2nncs2)C1. The highest BCUT2D eigenvalue weighted by Gasteiger charge is 2.29.